The number of nitrogens with two attached hydrogens (primary N) is 2. The van der Waals surface area contributed by atoms with Gasteiger partial charge in [0, 0.05) is 25.9 Å². The summed E-state index contributed by atoms with van der Waals surface area (Å²) in [5.41, 5.74) is 22.8. The van der Waals surface area contributed by atoms with Crippen LogP contribution >= 0.6 is 0 Å². The van der Waals surface area contributed by atoms with Crippen molar-refractivity contribution in [3.8, 4) is 0 Å². The molecule has 17 N–H and O–H groups in total. The number of hydrogen-bond acceptors (Lipinski definition) is 6. The number of rotatable bonds is 33. The summed E-state index contributed by atoms with van der Waals surface area (Å²) < 4.78 is 0. The van der Waals surface area contributed by atoms with Crippen LogP contribution in [0.4, 0.5) is 0 Å². The van der Waals surface area contributed by atoms with Crippen molar-refractivity contribution in [2.75, 3.05) is 32.7 Å². The average molecular weight is 687 g/mol. The summed E-state index contributed by atoms with van der Waals surface area (Å²) >= 11 is 0. The van der Waals surface area contributed by atoms with E-state index in [1.54, 1.807) is 0 Å². The van der Waals surface area contributed by atoms with Gasteiger partial charge >= 0.3 is 0 Å². The third-order valence-corrected chi connectivity index (χ3v) is 8.43. The summed E-state index contributed by atoms with van der Waals surface area (Å²) in [7, 11) is 0. The molecule has 0 aromatic carbocycles. The fourth-order valence-corrected chi connectivity index (χ4v) is 5.37. The van der Waals surface area contributed by atoms with E-state index >= 15 is 0 Å². The van der Waals surface area contributed by atoms with Gasteiger partial charge in [-0.15, -0.1) is 0 Å². The standard InChI is InChI=1S/C34H69N9O5/c35-22-12-9-17-27(38)33(47)40-25-15-5-1-4-8-21-31(45)43-29(19-11-14-24-37)34(48)41-26-16-6-2-3-7-20-30(44)42-28(32(39)46)18-10-13-23-36/h27-29H,1-26,35-38H2,(H2,39,46)(H,40,47)(H,41,48)(H,42,44)(H,43,45)/p+3. The number of primary amides is 1. The van der Waals surface area contributed by atoms with Crippen LogP contribution in [-0.2, 0) is 24.0 Å². The molecule has 280 valence electrons. The van der Waals surface area contributed by atoms with E-state index in [4.69, 9.17) is 11.5 Å². The predicted octanol–water partition coefficient (Wildman–Crippen LogP) is -1.08. The lowest BCUT2D eigenvalue weighted by Gasteiger charge is -2.18. The zero-order chi connectivity index (χ0) is 35.8. The van der Waals surface area contributed by atoms with Crippen LogP contribution in [0, 0.1) is 0 Å². The van der Waals surface area contributed by atoms with Crippen molar-refractivity contribution in [1.82, 2.24) is 21.3 Å². The van der Waals surface area contributed by atoms with E-state index in [0.717, 1.165) is 122 Å². The highest BCUT2D eigenvalue weighted by Crippen LogP contribution is 2.09. The van der Waals surface area contributed by atoms with Crippen LogP contribution in [0.1, 0.15) is 135 Å². The highest BCUT2D eigenvalue weighted by atomic mass is 16.2. The number of hydrogen-bond donors (Lipinski definition) is 9. The van der Waals surface area contributed by atoms with E-state index in [9.17, 15) is 24.0 Å². The van der Waals surface area contributed by atoms with E-state index in [2.05, 4.69) is 38.5 Å². The molecule has 0 aromatic heterocycles. The molecule has 3 atom stereocenters. The molecule has 0 aromatic rings. The van der Waals surface area contributed by atoms with Crippen molar-refractivity contribution in [3.63, 3.8) is 0 Å². The smallest absolute Gasteiger partial charge is 0.242 e. The Bertz CT molecular complexity index is 878. The van der Waals surface area contributed by atoms with Crippen molar-refractivity contribution in [2.45, 2.75) is 153 Å². The lowest BCUT2D eigenvalue weighted by molar-refractivity contribution is -0.368. The quantitative estimate of drug-likeness (QED) is 0.0387. The minimum absolute atomic E-state index is 0.0904. The van der Waals surface area contributed by atoms with Gasteiger partial charge in [0.2, 0.25) is 29.5 Å². The van der Waals surface area contributed by atoms with Crippen molar-refractivity contribution >= 4 is 29.5 Å². The lowest BCUT2D eigenvalue weighted by Crippen LogP contribution is -2.50. The topological polar surface area (TPSA) is 268 Å². The van der Waals surface area contributed by atoms with Gasteiger partial charge < -0.3 is 49.9 Å². The van der Waals surface area contributed by atoms with Crippen molar-refractivity contribution < 1.29 is 41.2 Å². The second kappa shape index (κ2) is 31.5. The molecule has 14 nitrogen and oxygen atoms in total. The summed E-state index contributed by atoms with van der Waals surface area (Å²) in [5, 5.41) is 11.6. The highest BCUT2D eigenvalue weighted by Gasteiger charge is 2.20. The van der Waals surface area contributed by atoms with E-state index < -0.39 is 24.0 Å². The first-order valence-corrected chi connectivity index (χ1v) is 18.7. The maximum absolute atomic E-state index is 12.9. The molecule has 5 amide bonds. The van der Waals surface area contributed by atoms with Crippen molar-refractivity contribution in [1.29, 1.82) is 0 Å². The Hall–Kier alpha value is -2.81. The van der Waals surface area contributed by atoms with E-state index in [1.165, 1.54) is 0 Å². The van der Waals surface area contributed by atoms with Gasteiger partial charge in [0.05, 0.1) is 25.7 Å². The molecule has 0 fully saturated rings. The lowest BCUT2D eigenvalue weighted by atomic mass is 10.1. The zero-order valence-corrected chi connectivity index (χ0v) is 29.9. The predicted molar refractivity (Wildman–Crippen MR) is 187 cm³/mol. The second-order valence-corrected chi connectivity index (χ2v) is 12.9. The van der Waals surface area contributed by atoms with Gasteiger partial charge in [-0.3, -0.25) is 24.0 Å². The van der Waals surface area contributed by atoms with Crippen LogP contribution in [0.2, 0.25) is 0 Å². The van der Waals surface area contributed by atoms with Crippen LogP contribution < -0.4 is 49.9 Å². The third kappa shape index (κ3) is 26.2. The van der Waals surface area contributed by atoms with Crippen LogP contribution in [-0.4, -0.2) is 80.4 Å². The summed E-state index contributed by atoms with van der Waals surface area (Å²) in [5.74, 6) is -0.991. The Labute approximate surface area is 288 Å². The van der Waals surface area contributed by atoms with Gasteiger partial charge in [0.25, 0.3) is 0 Å². The molecule has 0 bridgehead atoms. The molecule has 0 heterocycles. The summed E-state index contributed by atoms with van der Waals surface area (Å²) in [4.78, 5) is 61.3. The van der Waals surface area contributed by atoms with Gasteiger partial charge in [-0.2, -0.15) is 0 Å². The molecular weight excluding hydrogens is 614 g/mol. The van der Waals surface area contributed by atoms with Crippen molar-refractivity contribution in [3.05, 3.63) is 0 Å². The molecule has 0 radical (unpaired) electrons. The number of unbranched alkanes of at least 4 members (excludes halogenated alkanes) is 11. The minimum atomic E-state index is -0.619. The molecule has 3 unspecified atom stereocenters. The normalized spacial score (nSPS) is 12.9. The maximum atomic E-state index is 12.9. The summed E-state index contributed by atoms with van der Waals surface area (Å²) in [6.07, 6.45) is 16.7. The monoisotopic (exact) mass is 687 g/mol. The van der Waals surface area contributed by atoms with Gasteiger partial charge in [-0.05, 0) is 83.5 Å². The van der Waals surface area contributed by atoms with Crippen LogP contribution in [0.5, 0.6) is 0 Å². The molecule has 0 aliphatic carbocycles. The first-order valence-electron chi connectivity index (χ1n) is 18.7. The van der Waals surface area contributed by atoms with E-state index in [0.29, 0.717) is 45.2 Å². The number of carbonyl (C=O) groups is 5. The van der Waals surface area contributed by atoms with Crippen LogP contribution in [0.15, 0.2) is 0 Å². The number of carbonyl (C=O) groups excluding carboxylic acids is 5. The third-order valence-electron chi connectivity index (χ3n) is 8.43. The average Bonchev–Trinajstić information content (AvgIpc) is 3.06. The SMILES string of the molecule is NC(=O)C(CCCC[NH3+])NC(=O)CCCCCCCNC(=O)C(CCCC[NH3+])NC(=O)CCCCCCCNC(=O)C(N)CCCC[NH3+]. The summed E-state index contributed by atoms with van der Waals surface area (Å²) in [6.45, 7) is 3.60. The number of nitrogens with one attached hydrogen (secondary N) is 4. The molecule has 0 aliphatic rings. The molecule has 0 saturated carbocycles. The Morgan fingerprint density at radius 2 is 0.875 bits per heavy atom. The molecule has 0 rings (SSSR count). The molecule has 0 spiro atoms. The van der Waals surface area contributed by atoms with Crippen molar-refractivity contribution in [2.24, 2.45) is 11.5 Å². The highest BCUT2D eigenvalue weighted by molar-refractivity contribution is 5.87. The van der Waals surface area contributed by atoms with E-state index in [1.807, 2.05) is 0 Å². The first-order chi connectivity index (χ1) is 23.2. The molecular formula is C34H72N9O5+3. The minimum Gasteiger partial charge on any atom is -0.368 e. The zero-order valence-electron chi connectivity index (χ0n) is 29.9. The van der Waals surface area contributed by atoms with Gasteiger partial charge in [-0.25, -0.2) is 0 Å². The number of amides is 5. The fraction of sp³-hybridized carbons (Fsp3) is 0.853. The Morgan fingerprint density at radius 3 is 1.35 bits per heavy atom. The van der Waals surface area contributed by atoms with Gasteiger partial charge in [-0.1, -0.05) is 38.5 Å². The van der Waals surface area contributed by atoms with E-state index in [-0.39, 0.29) is 23.6 Å². The largest absolute Gasteiger partial charge is 0.368 e. The second-order valence-electron chi connectivity index (χ2n) is 12.9. The Morgan fingerprint density at radius 1 is 0.479 bits per heavy atom. The molecule has 0 saturated heterocycles. The molecule has 48 heavy (non-hydrogen) atoms. The Balaban J connectivity index is 4.15. The first kappa shape index (κ1) is 45.2. The van der Waals surface area contributed by atoms with Gasteiger partial charge in [0.15, 0.2) is 0 Å². The van der Waals surface area contributed by atoms with Crippen LogP contribution in [0.3, 0.4) is 0 Å². The number of quaternary nitrogens is 3. The summed E-state index contributed by atoms with van der Waals surface area (Å²) in [6, 6.07) is -1.61. The fourth-order valence-electron chi connectivity index (χ4n) is 5.37. The Kier molecular flexibility index (Phi) is 29.6. The molecule has 14 heteroatoms. The van der Waals surface area contributed by atoms with Gasteiger partial charge in [0.1, 0.15) is 12.1 Å². The van der Waals surface area contributed by atoms with Crippen LogP contribution in [0.25, 0.3) is 0 Å². The maximum Gasteiger partial charge on any atom is 0.242 e. The molecule has 0 aliphatic heterocycles.